The molecule has 3 rings (SSSR count). The van der Waals surface area contributed by atoms with Crippen LogP contribution in [-0.4, -0.2) is 24.5 Å². The second-order valence-corrected chi connectivity index (χ2v) is 6.48. The third-order valence-corrected chi connectivity index (χ3v) is 5.60. The largest absolute Gasteiger partial charge is 0.303 e. The molecule has 0 aromatic carbocycles. The Kier molecular flexibility index (Phi) is 2.35. The van der Waals surface area contributed by atoms with Crippen LogP contribution in [0, 0.1) is 10.8 Å². The summed E-state index contributed by atoms with van der Waals surface area (Å²) in [6, 6.07) is 0. The van der Waals surface area contributed by atoms with E-state index in [1.54, 1.807) is 12.8 Å². The summed E-state index contributed by atoms with van der Waals surface area (Å²) in [7, 11) is 0. The zero-order valence-electron chi connectivity index (χ0n) is 10.2. The summed E-state index contributed by atoms with van der Waals surface area (Å²) >= 11 is 0. The van der Waals surface area contributed by atoms with Crippen molar-refractivity contribution in [2.45, 2.75) is 58.3 Å². The predicted molar refractivity (Wildman–Crippen MR) is 63.9 cm³/mol. The van der Waals surface area contributed by atoms with Crippen molar-refractivity contribution in [3.8, 4) is 0 Å². The maximum absolute atomic E-state index is 2.76. The van der Waals surface area contributed by atoms with Crippen LogP contribution in [0.15, 0.2) is 0 Å². The summed E-state index contributed by atoms with van der Waals surface area (Å²) in [5, 5.41) is 0. The van der Waals surface area contributed by atoms with E-state index in [2.05, 4.69) is 11.8 Å². The van der Waals surface area contributed by atoms with Crippen molar-refractivity contribution in [2.24, 2.45) is 10.8 Å². The zero-order chi connectivity index (χ0) is 10.4. The highest BCUT2D eigenvalue weighted by Gasteiger charge is 2.44. The first-order chi connectivity index (χ1) is 7.26. The molecule has 2 saturated carbocycles. The smallest absolute Gasteiger partial charge is 0.00379 e. The molecule has 15 heavy (non-hydrogen) atoms. The minimum atomic E-state index is 0.768. The van der Waals surface area contributed by atoms with Crippen molar-refractivity contribution in [3.05, 3.63) is 0 Å². The normalized spacial score (nSPS) is 32.6. The summed E-state index contributed by atoms with van der Waals surface area (Å²) in [5.41, 5.74) is 1.60. The SMILES string of the molecule is CCC1(CN2CCC3(CCC3)CC2)CC1. The Labute approximate surface area is 94.2 Å². The highest BCUT2D eigenvalue weighted by Crippen LogP contribution is 2.52. The lowest BCUT2D eigenvalue weighted by Crippen LogP contribution is -2.45. The molecule has 1 spiro atoms. The summed E-state index contributed by atoms with van der Waals surface area (Å²) < 4.78 is 0. The van der Waals surface area contributed by atoms with E-state index >= 15 is 0 Å². The molecule has 1 nitrogen and oxygen atoms in total. The van der Waals surface area contributed by atoms with E-state index in [-0.39, 0.29) is 0 Å². The maximum Gasteiger partial charge on any atom is 0.00379 e. The van der Waals surface area contributed by atoms with E-state index < -0.39 is 0 Å². The zero-order valence-corrected chi connectivity index (χ0v) is 10.2. The summed E-state index contributed by atoms with van der Waals surface area (Å²) in [5.74, 6) is 0. The Bertz CT molecular complexity index is 228. The van der Waals surface area contributed by atoms with Gasteiger partial charge in [-0.25, -0.2) is 0 Å². The fourth-order valence-electron chi connectivity index (χ4n) is 3.64. The summed E-state index contributed by atoms with van der Waals surface area (Å²) in [6.07, 6.45) is 12.0. The minimum absolute atomic E-state index is 0.768. The van der Waals surface area contributed by atoms with Gasteiger partial charge in [0.15, 0.2) is 0 Å². The average Bonchev–Trinajstić information content (AvgIpc) is 2.98. The second kappa shape index (κ2) is 3.48. The molecule has 2 aliphatic carbocycles. The number of nitrogens with zero attached hydrogens (tertiary/aromatic N) is 1. The van der Waals surface area contributed by atoms with Crippen LogP contribution in [0.2, 0.25) is 0 Å². The Morgan fingerprint density at radius 3 is 2.00 bits per heavy atom. The monoisotopic (exact) mass is 207 g/mol. The summed E-state index contributed by atoms with van der Waals surface area (Å²) in [4.78, 5) is 2.76. The molecule has 0 aromatic heterocycles. The standard InChI is InChI=1S/C14H25N/c1-2-13(6-7-13)12-15-10-8-14(9-11-15)4-3-5-14/h2-12H2,1H3. The Balaban J connectivity index is 1.49. The molecule has 3 aliphatic rings. The van der Waals surface area contributed by atoms with Gasteiger partial charge in [-0.1, -0.05) is 13.3 Å². The minimum Gasteiger partial charge on any atom is -0.303 e. The number of hydrogen-bond donors (Lipinski definition) is 0. The van der Waals surface area contributed by atoms with Gasteiger partial charge in [0.25, 0.3) is 0 Å². The second-order valence-electron chi connectivity index (χ2n) is 6.48. The van der Waals surface area contributed by atoms with Gasteiger partial charge in [0.2, 0.25) is 0 Å². The number of piperidine rings is 1. The molecule has 0 unspecified atom stereocenters. The molecule has 3 fully saturated rings. The Morgan fingerprint density at radius 1 is 0.933 bits per heavy atom. The van der Waals surface area contributed by atoms with Gasteiger partial charge in [-0.15, -0.1) is 0 Å². The Morgan fingerprint density at radius 2 is 1.60 bits per heavy atom. The number of rotatable bonds is 3. The fraction of sp³-hybridized carbons (Fsp3) is 1.00. The molecule has 1 heterocycles. The van der Waals surface area contributed by atoms with Gasteiger partial charge >= 0.3 is 0 Å². The molecule has 0 aromatic rings. The molecule has 0 amide bonds. The van der Waals surface area contributed by atoms with Gasteiger partial charge in [-0.2, -0.15) is 0 Å². The van der Waals surface area contributed by atoms with Crippen LogP contribution in [0.5, 0.6) is 0 Å². The molecule has 0 atom stereocenters. The van der Waals surface area contributed by atoms with Crippen LogP contribution >= 0.6 is 0 Å². The lowest BCUT2D eigenvalue weighted by atomic mass is 9.63. The first kappa shape index (κ1) is 10.1. The van der Waals surface area contributed by atoms with Crippen LogP contribution in [-0.2, 0) is 0 Å². The highest BCUT2D eigenvalue weighted by atomic mass is 15.1. The van der Waals surface area contributed by atoms with Gasteiger partial charge < -0.3 is 4.90 Å². The lowest BCUT2D eigenvalue weighted by molar-refractivity contribution is 0.0255. The first-order valence-electron chi connectivity index (χ1n) is 6.98. The molecule has 1 saturated heterocycles. The lowest BCUT2D eigenvalue weighted by Gasteiger charge is -2.48. The molecule has 0 radical (unpaired) electrons. The van der Waals surface area contributed by atoms with E-state index in [1.807, 2.05) is 0 Å². The first-order valence-corrected chi connectivity index (χ1v) is 6.98. The van der Waals surface area contributed by atoms with Crippen molar-refractivity contribution in [1.82, 2.24) is 4.90 Å². The van der Waals surface area contributed by atoms with Gasteiger partial charge in [0.05, 0.1) is 0 Å². The molecule has 86 valence electrons. The van der Waals surface area contributed by atoms with Crippen LogP contribution in [0.1, 0.15) is 58.3 Å². The quantitative estimate of drug-likeness (QED) is 0.685. The maximum atomic E-state index is 2.76. The van der Waals surface area contributed by atoms with E-state index in [0.29, 0.717) is 0 Å². The van der Waals surface area contributed by atoms with E-state index in [4.69, 9.17) is 0 Å². The average molecular weight is 207 g/mol. The third-order valence-electron chi connectivity index (χ3n) is 5.60. The predicted octanol–water partition coefficient (Wildman–Crippen LogP) is 3.44. The van der Waals surface area contributed by atoms with Gasteiger partial charge in [0, 0.05) is 6.54 Å². The highest BCUT2D eigenvalue weighted by molar-refractivity contribution is 4.97. The fourth-order valence-corrected chi connectivity index (χ4v) is 3.64. The van der Waals surface area contributed by atoms with Crippen molar-refractivity contribution in [2.75, 3.05) is 19.6 Å². The molecule has 0 N–H and O–H groups in total. The van der Waals surface area contributed by atoms with Crippen molar-refractivity contribution in [3.63, 3.8) is 0 Å². The van der Waals surface area contributed by atoms with E-state index in [0.717, 1.165) is 10.8 Å². The van der Waals surface area contributed by atoms with Gasteiger partial charge in [0.1, 0.15) is 0 Å². The van der Waals surface area contributed by atoms with Crippen LogP contribution < -0.4 is 0 Å². The van der Waals surface area contributed by atoms with Crippen molar-refractivity contribution >= 4 is 0 Å². The molecule has 1 heteroatoms. The van der Waals surface area contributed by atoms with E-state index in [9.17, 15) is 0 Å². The number of likely N-dealkylation sites (tertiary alicyclic amines) is 1. The topological polar surface area (TPSA) is 3.24 Å². The molecule has 0 bridgehead atoms. The van der Waals surface area contributed by atoms with Crippen LogP contribution in [0.4, 0.5) is 0 Å². The van der Waals surface area contributed by atoms with Crippen LogP contribution in [0.3, 0.4) is 0 Å². The van der Waals surface area contributed by atoms with Gasteiger partial charge in [-0.3, -0.25) is 0 Å². The Hall–Kier alpha value is -0.0400. The van der Waals surface area contributed by atoms with Crippen molar-refractivity contribution in [1.29, 1.82) is 0 Å². The third kappa shape index (κ3) is 1.84. The molecule has 1 aliphatic heterocycles. The molecular formula is C14H25N. The number of hydrogen-bond acceptors (Lipinski definition) is 1. The molecular weight excluding hydrogens is 182 g/mol. The van der Waals surface area contributed by atoms with Crippen molar-refractivity contribution < 1.29 is 0 Å². The van der Waals surface area contributed by atoms with E-state index in [1.165, 1.54) is 58.2 Å². The van der Waals surface area contributed by atoms with Crippen LogP contribution in [0.25, 0.3) is 0 Å². The summed E-state index contributed by atoms with van der Waals surface area (Å²) in [6.45, 7) is 6.60. The van der Waals surface area contributed by atoms with Gasteiger partial charge in [-0.05, 0) is 68.9 Å².